The Labute approximate surface area is 236 Å². The van der Waals surface area contributed by atoms with Gasteiger partial charge in [0.25, 0.3) is 5.91 Å². The molecule has 3 aromatic rings. The van der Waals surface area contributed by atoms with E-state index in [9.17, 15) is 9.59 Å². The van der Waals surface area contributed by atoms with Gasteiger partial charge >= 0.3 is 0 Å². The molecule has 38 heavy (non-hydrogen) atoms. The van der Waals surface area contributed by atoms with Crippen LogP contribution in [0.4, 0.5) is 5.69 Å². The molecule has 0 aliphatic carbocycles. The van der Waals surface area contributed by atoms with Gasteiger partial charge in [-0.3, -0.25) is 14.5 Å². The Kier molecular flexibility index (Phi) is 7.59. The summed E-state index contributed by atoms with van der Waals surface area (Å²) in [5, 5.41) is 1.36. The van der Waals surface area contributed by atoms with Gasteiger partial charge in [-0.05, 0) is 93.9 Å². The molecule has 1 aromatic heterocycles. The van der Waals surface area contributed by atoms with E-state index >= 15 is 0 Å². The zero-order valence-electron chi connectivity index (χ0n) is 21.8. The summed E-state index contributed by atoms with van der Waals surface area (Å²) in [6.07, 6.45) is 7.08. The normalized spacial score (nSPS) is 19.2. The molecule has 1 atom stereocenters. The molecule has 2 fully saturated rings. The molecule has 0 bridgehead atoms. The Morgan fingerprint density at radius 3 is 2.66 bits per heavy atom. The van der Waals surface area contributed by atoms with Crippen LogP contribution in [0.1, 0.15) is 38.7 Å². The molecule has 0 N–H and O–H groups in total. The number of fused-ring (bicyclic) bond motifs is 1. The molecule has 5 rings (SSSR count). The molecule has 0 unspecified atom stereocenters. The molecule has 2 aliphatic rings. The Morgan fingerprint density at radius 2 is 1.95 bits per heavy atom. The van der Waals surface area contributed by atoms with E-state index in [2.05, 4.69) is 22.9 Å². The summed E-state index contributed by atoms with van der Waals surface area (Å²) in [6, 6.07) is 13.6. The van der Waals surface area contributed by atoms with Gasteiger partial charge in [0.1, 0.15) is 18.0 Å². The van der Waals surface area contributed by atoms with Gasteiger partial charge in [0.2, 0.25) is 5.91 Å². The number of anilines is 1. The molecule has 0 radical (unpaired) electrons. The molecule has 9 heteroatoms. The maximum absolute atomic E-state index is 13.6. The number of likely N-dealkylation sites (tertiary alicyclic amines) is 1. The predicted octanol–water partition coefficient (Wildman–Crippen LogP) is 5.81. The van der Waals surface area contributed by atoms with E-state index in [1.807, 2.05) is 71.1 Å². The van der Waals surface area contributed by atoms with E-state index in [1.54, 1.807) is 11.9 Å². The van der Waals surface area contributed by atoms with Crippen molar-refractivity contribution in [3.05, 3.63) is 64.4 Å². The van der Waals surface area contributed by atoms with Crippen LogP contribution in [0.2, 0.25) is 0 Å². The van der Waals surface area contributed by atoms with E-state index in [-0.39, 0.29) is 24.4 Å². The summed E-state index contributed by atoms with van der Waals surface area (Å²) < 4.78 is 8.44. The van der Waals surface area contributed by atoms with E-state index in [0.29, 0.717) is 23.1 Å². The van der Waals surface area contributed by atoms with Crippen molar-refractivity contribution < 1.29 is 14.3 Å². The topological polar surface area (TPSA) is 58.0 Å². The van der Waals surface area contributed by atoms with Gasteiger partial charge in [-0.1, -0.05) is 15.9 Å². The van der Waals surface area contributed by atoms with Crippen LogP contribution in [0.15, 0.2) is 58.8 Å². The van der Waals surface area contributed by atoms with Crippen molar-refractivity contribution in [2.24, 2.45) is 0 Å². The number of thiocarbonyl (C=S) groups is 1. The van der Waals surface area contributed by atoms with Gasteiger partial charge in [0.15, 0.2) is 5.11 Å². The number of amides is 2. The van der Waals surface area contributed by atoms with Gasteiger partial charge in [-0.25, -0.2) is 0 Å². The molecular formula is C29H31BrN4O3S. The second kappa shape index (κ2) is 10.9. The Bertz CT molecular complexity index is 1430. The smallest absolute Gasteiger partial charge is 0.281 e. The van der Waals surface area contributed by atoms with Gasteiger partial charge in [0, 0.05) is 46.8 Å². The van der Waals surface area contributed by atoms with Crippen LogP contribution in [-0.4, -0.2) is 57.5 Å². The van der Waals surface area contributed by atoms with Crippen LogP contribution in [0.5, 0.6) is 5.75 Å². The Hall–Kier alpha value is -3.17. The number of piperidine rings is 1. The number of hydrogen-bond donors (Lipinski definition) is 0. The van der Waals surface area contributed by atoms with Crippen LogP contribution in [-0.2, 0) is 16.1 Å². The highest BCUT2D eigenvalue weighted by molar-refractivity contribution is 9.10. The summed E-state index contributed by atoms with van der Waals surface area (Å²) in [4.78, 5) is 32.1. The quantitative estimate of drug-likeness (QED) is 0.266. The molecule has 2 saturated heterocycles. The van der Waals surface area contributed by atoms with Crippen molar-refractivity contribution in [3.63, 3.8) is 0 Å². The summed E-state index contributed by atoms with van der Waals surface area (Å²) >= 11 is 9.24. The lowest BCUT2D eigenvalue weighted by atomic mass is 10.0. The number of halogens is 1. The number of likely N-dealkylation sites (N-methyl/N-ethyl adjacent to an activating group) is 1. The third-order valence-electron chi connectivity index (χ3n) is 7.26. The lowest BCUT2D eigenvalue weighted by Crippen LogP contribution is -2.43. The van der Waals surface area contributed by atoms with Crippen molar-refractivity contribution in [2.45, 2.75) is 45.7 Å². The van der Waals surface area contributed by atoms with Gasteiger partial charge in [-0.15, -0.1) is 0 Å². The molecule has 3 heterocycles. The first-order valence-electron chi connectivity index (χ1n) is 12.9. The molecule has 2 amide bonds. The second-order valence-corrected chi connectivity index (χ2v) is 11.0. The third-order valence-corrected chi connectivity index (χ3v) is 8.21. The molecule has 2 aromatic carbocycles. The van der Waals surface area contributed by atoms with E-state index in [0.717, 1.165) is 46.1 Å². The molecule has 2 aliphatic heterocycles. The minimum atomic E-state index is -0.198. The Balaban J connectivity index is 1.48. The average molecular weight is 596 g/mol. The summed E-state index contributed by atoms with van der Waals surface area (Å²) in [7, 11) is 1.80. The molecule has 0 spiro atoms. The van der Waals surface area contributed by atoms with E-state index in [1.165, 1.54) is 11.3 Å². The van der Waals surface area contributed by atoms with Crippen molar-refractivity contribution in [3.8, 4) is 5.75 Å². The highest BCUT2D eigenvalue weighted by Crippen LogP contribution is 2.32. The number of benzene rings is 2. The first kappa shape index (κ1) is 26.4. The summed E-state index contributed by atoms with van der Waals surface area (Å²) in [5.74, 6) is 0.661. The average Bonchev–Trinajstić information content (AvgIpc) is 3.33. The molecule has 198 valence electrons. The van der Waals surface area contributed by atoms with Crippen molar-refractivity contribution >= 4 is 67.7 Å². The number of aromatic nitrogens is 1. The zero-order chi connectivity index (χ0) is 27.0. The van der Waals surface area contributed by atoms with Gasteiger partial charge < -0.3 is 19.1 Å². The van der Waals surface area contributed by atoms with Gasteiger partial charge in [-0.2, -0.15) is 0 Å². The minimum absolute atomic E-state index is 0.119. The maximum Gasteiger partial charge on any atom is 0.281 e. The molecular weight excluding hydrogens is 564 g/mol. The van der Waals surface area contributed by atoms with Crippen molar-refractivity contribution in [1.29, 1.82) is 0 Å². The van der Waals surface area contributed by atoms with Crippen LogP contribution in [0.25, 0.3) is 17.0 Å². The number of carbonyl (C=O) groups is 2. The largest absolute Gasteiger partial charge is 0.494 e. The number of hydrogen-bond acceptors (Lipinski definition) is 4. The SMILES string of the molecule is CCOc1ccc(N2C(=O)/C(=C/c3cn(CC(=O)N4CCCC[C@H]4C)c4ccc(Br)cc34)N(C)C2=S)cc1. The predicted molar refractivity (Wildman–Crippen MR) is 158 cm³/mol. The summed E-state index contributed by atoms with van der Waals surface area (Å²) in [6.45, 7) is 5.69. The zero-order valence-corrected chi connectivity index (χ0v) is 24.2. The fourth-order valence-electron chi connectivity index (χ4n) is 5.24. The maximum atomic E-state index is 13.6. The molecule has 0 saturated carbocycles. The lowest BCUT2D eigenvalue weighted by molar-refractivity contribution is -0.135. The van der Waals surface area contributed by atoms with Crippen LogP contribution < -0.4 is 9.64 Å². The second-order valence-electron chi connectivity index (χ2n) is 9.74. The number of carbonyl (C=O) groups excluding carboxylic acids is 2. The first-order chi connectivity index (χ1) is 18.3. The fraction of sp³-hybridized carbons (Fsp3) is 0.345. The van der Waals surface area contributed by atoms with Crippen molar-refractivity contribution in [1.82, 2.24) is 14.4 Å². The summed E-state index contributed by atoms with van der Waals surface area (Å²) in [5.41, 5.74) is 2.95. The molecule has 7 nitrogen and oxygen atoms in total. The standard InChI is InChI=1S/C29H31BrN4O3S/c1-4-37-23-11-9-22(10-12-23)34-28(36)26(31(3)29(34)38)15-20-17-32(25-13-8-21(30)16-24(20)25)18-27(35)33-14-6-5-7-19(33)2/h8-13,15-17,19H,4-7,14,18H2,1-3H3/b26-15-/t19-/m1/s1. The van der Waals surface area contributed by atoms with E-state index in [4.69, 9.17) is 17.0 Å². The van der Waals surface area contributed by atoms with E-state index < -0.39 is 0 Å². The minimum Gasteiger partial charge on any atom is -0.494 e. The van der Waals surface area contributed by atoms with Crippen molar-refractivity contribution in [2.75, 3.05) is 25.1 Å². The fourth-order valence-corrected chi connectivity index (χ4v) is 5.89. The van der Waals surface area contributed by atoms with Crippen LogP contribution in [0, 0.1) is 0 Å². The number of nitrogens with zero attached hydrogens (tertiary/aromatic N) is 4. The highest BCUT2D eigenvalue weighted by atomic mass is 79.9. The Morgan fingerprint density at radius 1 is 1.18 bits per heavy atom. The third kappa shape index (κ3) is 4.97. The lowest BCUT2D eigenvalue weighted by Gasteiger charge is -2.33. The first-order valence-corrected chi connectivity index (χ1v) is 14.1. The number of ether oxygens (including phenoxy) is 1. The monoisotopic (exact) mass is 594 g/mol. The number of rotatable bonds is 6. The van der Waals surface area contributed by atoms with Crippen LogP contribution in [0.3, 0.4) is 0 Å². The highest BCUT2D eigenvalue weighted by Gasteiger charge is 2.37. The van der Waals surface area contributed by atoms with Gasteiger partial charge in [0.05, 0.1) is 12.3 Å². The van der Waals surface area contributed by atoms with Crippen LogP contribution >= 0.6 is 28.1 Å².